The Labute approximate surface area is 132 Å². The number of carbonyl (C=O) groups excluding carboxylic acids is 1. The number of amides is 2. The van der Waals surface area contributed by atoms with Gasteiger partial charge in [0.15, 0.2) is 0 Å². The smallest absolute Gasteiger partial charge is 0.322 e. The van der Waals surface area contributed by atoms with E-state index < -0.39 is 0 Å². The second kappa shape index (κ2) is 6.59. The fourth-order valence-electron chi connectivity index (χ4n) is 3.64. The number of nitrogens with zero attached hydrogens (tertiary/aromatic N) is 1. The van der Waals surface area contributed by atoms with Gasteiger partial charge in [-0.25, -0.2) is 4.79 Å². The van der Waals surface area contributed by atoms with Crippen molar-refractivity contribution in [2.24, 2.45) is 5.92 Å². The summed E-state index contributed by atoms with van der Waals surface area (Å²) in [5, 5.41) is 3.23. The van der Waals surface area contributed by atoms with Crippen molar-refractivity contribution in [2.75, 3.05) is 18.6 Å². The summed E-state index contributed by atoms with van der Waals surface area (Å²) in [6.45, 7) is 2.98. The SMILES string of the molecule is COc1ccc2c(c1)N(C(=O)NC1CCCCC1)CC(C)C2. The molecule has 2 aliphatic rings. The normalized spacial score (nSPS) is 22.1. The van der Waals surface area contributed by atoms with E-state index in [1.54, 1.807) is 7.11 Å². The Balaban J connectivity index is 1.79. The first kappa shape index (κ1) is 15.2. The van der Waals surface area contributed by atoms with E-state index in [0.717, 1.165) is 37.2 Å². The molecule has 4 nitrogen and oxygen atoms in total. The Kier molecular flexibility index (Phi) is 4.55. The van der Waals surface area contributed by atoms with Crippen LogP contribution in [0.1, 0.15) is 44.6 Å². The van der Waals surface area contributed by atoms with Crippen LogP contribution in [0, 0.1) is 5.92 Å². The number of hydrogen-bond donors (Lipinski definition) is 1. The van der Waals surface area contributed by atoms with Crippen molar-refractivity contribution in [2.45, 2.75) is 51.5 Å². The van der Waals surface area contributed by atoms with Crippen LogP contribution in [0.4, 0.5) is 10.5 Å². The molecule has 1 atom stereocenters. The van der Waals surface area contributed by atoms with E-state index in [0.29, 0.717) is 12.0 Å². The molecule has 1 fully saturated rings. The fraction of sp³-hybridized carbons (Fsp3) is 0.611. The molecule has 1 N–H and O–H groups in total. The molecule has 0 saturated heterocycles. The molecule has 1 heterocycles. The molecule has 1 aliphatic carbocycles. The zero-order chi connectivity index (χ0) is 15.5. The van der Waals surface area contributed by atoms with E-state index >= 15 is 0 Å². The maximum absolute atomic E-state index is 12.7. The topological polar surface area (TPSA) is 41.6 Å². The average molecular weight is 302 g/mol. The fourth-order valence-corrected chi connectivity index (χ4v) is 3.64. The van der Waals surface area contributed by atoms with Gasteiger partial charge < -0.3 is 10.1 Å². The van der Waals surface area contributed by atoms with E-state index in [2.05, 4.69) is 18.3 Å². The van der Waals surface area contributed by atoms with Crippen LogP contribution >= 0.6 is 0 Å². The quantitative estimate of drug-likeness (QED) is 0.904. The first-order valence-electron chi connectivity index (χ1n) is 8.42. The Morgan fingerprint density at radius 2 is 2.05 bits per heavy atom. The summed E-state index contributed by atoms with van der Waals surface area (Å²) >= 11 is 0. The summed E-state index contributed by atoms with van der Waals surface area (Å²) < 4.78 is 5.33. The van der Waals surface area contributed by atoms with E-state index in [1.165, 1.54) is 24.8 Å². The molecule has 22 heavy (non-hydrogen) atoms. The van der Waals surface area contributed by atoms with Gasteiger partial charge in [-0.05, 0) is 36.8 Å². The number of hydrogen-bond acceptors (Lipinski definition) is 2. The van der Waals surface area contributed by atoms with Gasteiger partial charge in [-0.1, -0.05) is 32.3 Å². The lowest BCUT2D eigenvalue weighted by Crippen LogP contribution is -2.49. The molecule has 1 aliphatic heterocycles. The zero-order valence-corrected chi connectivity index (χ0v) is 13.6. The van der Waals surface area contributed by atoms with E-state index in [9.17, 15) is 4.79 Å². The first-order valence-corrected chi connectivity index (χ1v) is 8.42. The third-order valence-corrected chi connectivity index (χ3v) is 4.82. The number of anilines is 1. The minimum Gasteiger partial charge on any atom is -0.497 e. The van der Waals surface area contributed by atoms with Crippen molar-refractivity contribution in [3.8, 4) is 5.75 Å². The van der Waals surface area contributed by atoms with Crippen LogP contribution in [0.5, 0.6) is 5.75 Å². The molecule has 1 aromatic carbocycles. The van der Waals surface area contributed by atoms with Crippen molar-refractivity contribution in [3.63, 3.8) is 0 Å². The van der Waals surface area contributed by atoms with Gasteiger partial charge in [0.2, 0.25) is 0 Å². The second-order valence-electron chi connectivity index (χ2n) is 6.70. The van der Waals surface area contributed by atoms with Crippen LogP contribution < -0.4 is 15.0 Å². The minimum atomic E-state index is 0.0490. The molecular weight excluding hydrogens is 276 g/mol. The van der Waals surface area contributed by atoms with Crippen LogP contribution in [0.15, 0.2) is 18.2 Å². The van der Waals surface area contributed by atoms with E-state index in [-0.39, 0.29) is 6.03 Å². The highest BCUT2D eigenvalue weighted by atomic mass is 16.5. The van der Waals surface area contributed by atoms with Crippen molar-refractivity contribution in [3.05, 3.63) is 23.8 Å². The van der Waals surface area contributed by atoms with Gasteiger partial charge in [-0.2, -0.15) is 0 Å². The zero-order valence-electron chi connectivity index (χ0n) is 13.6. The number of urea groups is 1. The Bertz CT molecular complexity index is 538. The Hall–Kier alpha value is -1.71. The van der Waals surface area contributed by atoms with Gasteiger partial charge in [0.25, 0.3) is 0 Å². The molecule has 0 spiro atoms. The van der Waals surface area contributed by atoms with Crippen molar-refractivity contribution >= 4 is 11.7 Å². The number of methoxy groups -OCH3 is 1. The number of fused-ring (bicyclic) bond motifs is 1. The van der Waals surface area contributed by atoms with Gasteiger partial charge in [0.05, 0.1) is 12.8 Å². The number of benzene rings is 1. The summed E-state index contributed by atoms with van der Waals surface area (Å²) in [5.74, 6) is 1.29. The molecule has 0 radical (unpaired) electrons. The molecule has 4 heteroatoms. The van der Waals surface area contributed by atoms with Gasteiger partial charge in [-0.3, -0.25) is 4.90 Å². The van der Waals surface area contributed by atoms with Gasteiger partial charge in [0, 0.05) is 18.7 Å². The molecule has 0 bridgehead atoms. The van der Waals surface area contributed by atoms with E-state index in [1.807, 2.05) is 17.0 Å². The maximum atomic E-state index is 12.7. The number of nitrogens with one attached hydrogen (secondary N) is 1. The highest BCUT2D eigenvalue weighted by Crippen LogP contribution is 2.33. The third kappa shape index (κ3) is 3.21. The number of carbonyl (C=O) groups is 1. The van der Waals surface area contributed by atoms with Crippen LogP contribution in [0.3, 0.4) is 0 Å². The second-order valence-corrected chi connectivity index (χ2v) is 6.70. The van der Waals surface area contributed by atoms with Gasteiger partial charge in [0.1, 0.15) is 5.75 Å². The molecule has 0 aromatic heterocycles. The van der Waals surface area contributed by atoms with Crippen LogP contribution in [0.25, 0.3) is 0 Å². The minimum absolute atomic E-state index is 0.0490. The molecule has 1 saturated carbocycles. The van der Waals surface area contributed by atoms with Gasteiger partial charge >= 0.3 is 6.03 Å². The third-order valence-electron chi connectivity index (χ3n) is 4.82. The highest BCUT2D eigenvalue weighted by Gasteiger charge is 2.28. The number of ether oxygens (including phenoxy) is 1. The molecule has 1 aromatic rings. The van der Waals surface area contributed by atoms with Crippen LogP contribution in [-0.4, -0.2) is 25.7 Å². The largest absolute Gasteiger partial charge is 0.497 e. The summed E-state index contributed by atoms with van der Waals surface area (Å²) in [7, 11) is 1.67. The lowest BCUT2D eigenvalue weighted by Gasteiger charge is -2.35. The number of rotatable bonds is 2. The molecule has 120 valence electrons. The Morgan fingerprint density at radius 3 is 2.77 bits per heavy atom. The van der Waals surface area contributed by atoms with Crippen molar-refractivity contribution < 1.29 is 9.53 Å². The lowest BCUT2D eigenvalue weighted by atomic mass is 9.93. The van der Waals surface area contributed by atoms with E-state index in [4.69, 9.17) is 4.74 Å². The average Bonchev–Trinajstić information content (AvgIpc) is 2.54. The summed E-state index contributed by atoms with van der Waals surface area (Å²) in [6, 6.07) is 6.45. The van der Waals surface area contributed by atoms with Crippen LogP contribution in [-0.2, 0) is 6.42 Å². The van der Waals surface area contributed by atoms with Crippen LogP contribution in [0.2, 0.25) is 0 Å². The maximum Gasteiger partial charge on any atom is 0.322 e. The van der Waals surface area contributed by atoms with Gasteiger partial charge in [-0.15, -0.1) is 0 Å². The van der Waals surface area contributed by atoms with Crippen molar-refractivity contribution in [1.82, 2.24) is 5.32 Å². The Morgan fingerprint density at radius 1 is 1.27 bits per heavy atom. The summed E-state index contributed by atoms with van der Waals surface area (Å²) in [4.78, 5) is 14.7. The lowest BCUT2D eigenvalue weighted by molar-refractivity contribution is 0.236. The standard InChI is InChI=1S/C18H26N2O2/c1-13-10-14-8-9-16(22-2)11-17(14)20(12-13)18(21)19-15-6-4-3-5-7-15/h8-9,11,13,15H,3-7,10,12H2,1-2H3,(H,19,21). The predicted octanol–water partition coefficient (Wildman–Crippen LogP) is 3.74. The summed E-state index contributed by atoms with van der Waals surface area (Å²) in [5.41, 5.74) is 2.24. The molecule has 3 rings (SSSR count). The molecular formula is C18H26N2O2. The van der Waals surface area contributed by atoms with Crippen molar-refractivity contribution in [1.29, 1.82) is 0 Å². The predicted molar refractivity (Wildman–Crippen MR) is 88.6 cm³/mol. The first-order chi connectivity index (χ1) is 10.7. The highest BCUT2D eigenvalue weighted by molar-refractivity contribution is 5.93. The monoisotopic (exact) mass is 302 g/mol. The molecule has 2 amide bonds. The molecule has 1 unspecified atom stereocenters. The summed E-state index contributed by atoms with van der Waals surface area (Å²) in [6.07, 6.45) is 7.00.